The van der Waals surface area contributed by atoms with Crippen molar-refractivity contribution in [2.75, 3.05) is 31.7 Å². The molecule has 0 bridgehead atoms. The van der Waals surface area contributed by atoms with Crippen molar-refractivity contribution in [3.8, 4) is 11.3 Å². The zero-order valence-electron chi connectivity index (χ0n) is 21.2. The molecule has 0 radical (unpaired) electrons. The van der Waals surface area contributed by atoms with Gasteiger partial charge in [0.05, 0.1) is 24.4 Å². The average molecular weight is 513 g/mol. The highest BCUT2D eigenvalue weighted by molar-refractivity contribution is 7.14. The number of nitrogens with zero attached hydrogens (tertiary/aromatic N) is 2. The molecule has 1 saturated heterocycles. The van der Waals surface area contributed by atoms with Gasteiger partial charge in [-0.1, -0.05) is 18.2 Å². The first-order chi connectivity index (χ1) is 17.3. The predicted molar refractivity (Wildman–Crippen MR) is 142 cm³/mol. The SMILES string of the molecule is CC(C)(C)n1ccc(C(=O)NCC(O)Nc2nc(-c3cccc(COCC[C@H]4CCOC4)c3)cs2)c1. The standard InChI is InChI=1S/C27H36N4O4S/c1-27(2,3)31-10-7-22(15-31)25(33)28-14-24(32)30-26-29-23(18-36-26)21-6-4-5-20(13-21)17-35-12-9-19-8-11-34-16-19/h4-7,10,13,15,18-19,24,32H,8-9,11-12,14,16-17H2,1-3H3,(H,28,33)(H,29,30)/t19-,24?/m1/s1. The van der Waals surface area contributed by atoms with Crippen LogP contribution in [0.25, 0.3) is 11.3 Å². The van der Waals surface area contributed by atoms with Gasteiger partial charge in [0.2, 0.25) is 0 Å². The Kier molecular flexibility index (Phi) is 8.79. The fourth-order valence-corrected chi connectivity index (χ4v) is 4.74. The van der Waals surface area contributed by atoms with Crippen molar-refractivity contribution < 1.29 is 19.4 Å². The van der Waals surface area contributed by atoms with Gasteiger partial charge in [0.25, 0.3) is 5.91 Å². The van der Waals surface area contributed by atoms with Crippen molar-refractivity contribution >= 4 is 22.4 Å². The van der Waals surface area contributed by atoms with Crippen LogP contribution in [0, 0.1) is 5.92 Å². The van der Waals surface area contributed by atoms with Crippen molar-refractivity contribution in [2.45, 2.75) is 52.0 Å². The van der Waals surface area contributed by atoms with Crippen LogP contribution < -0.4 is 10.6 Å². The summed E-state index contributed by atoms with van der Waals surface area (Å²) >= 11 is 1.41. The topological polar surface area (TPSA) is 97.6 Å². The molecule has 9 heteroatoms. The minimum Gasteiger partial charge on any atom is -0.381 e. The molecule has 8 nitrogen and oxygen atoms in total. The van der Waals surface area contributed by atoms with Crippen LogP contribution >= 0.6 is 11.3 Å². The summed E-state index contributed by atoms with van der Waals surface area (Å²) in [6, 6.07) is 9.92. The van der Waals surface area contributed by atoms with E-state index in [1.165, 1.54) is 11.3 Å². The minimum absolute atomic E-state index is 0.0637. The Hall–Kier alpha value is -2.72. The van der Waals surface area contributed by atoms with Gasteiger partial charge in [-0.05, 0) is 57.2 Å². The first-order valence-corrected chi connectivity index (χ1v) is 13.3. The molecular formula is C27H36N4O4S. The summed E-state index contributed by atoms with van der Waals surface area (Å²) in [7, 11) is 0. The van der Waals surface area contributed by atoms with Crippen LogP contribution in [0.4, 0.5) is 5.13 Å². The van der Waals surface area contributed by atoms with Gasteiger partial charge in [0.1, 0.15) is 6.23 Å². The molecule has 1 amide bonds. The summed E-state index contributed by atoms with van der Waals surface area (Å²) in [4.78, 5) is 17.0. The number of aliphatic hydroxyl groups excluding tert-OH is 1. The van der Waals surface area contributed by atoms with E-state index in [2.05, 4.69) is 48.5 Å². The van der Waals surface area contributed by atoms with Crippen LogP contribution in [-0.2, 0) is 21.6 Å². The molecular weight excluding hydrogens is 476 g/mol. The second-order valence-electron chi connectivity index (χ2n) is 10.2. The number of amides is 1. The van der Waals surface area contributed by atoms with Crippen molar-refractivity contribution in [3.05, 3.63) is 59.2 Å². The lowest BCUT2D eigenvalue weighted by atomic mass is 10.1. The maximum absolute atomic E-state index is 12.4. The number of hydrogen-bond acceptors (Lipinski definition) is 7. The summed E-state index contributed by atoms with van der Waals surface area (Å²) in [5, 5.41) is 18.6. The van der Waals surface area contributed by atoms with E-state index < -0.39 is 6.23 Å². The predicted octanol–water partition coefficient (Wildman–Crippen LogP) is 4.47. The van der Waals surface area contributed by atoms with Crippen molar-refractivity contribution in [1.29, 1.82) is 0 Å². The van der Waals surface area contributed by atoms with E-state index in [1.807, 2.05) is 34.5 Å². The smallest absolute Gasteiger partial charge is 0.252 e. The Labute approximate surface area is 216 Å². The number of ether oxygens (including phenoxy) is 2. The molecule has 1 aromatic carbocycles. The van der Waals surface area contributed by atoms with Gasteiger partial charge in [-0.15, -0.1) is 11.3 Å². The van der Waals surface area contributed by atoms with Crippen LogP contribution in [0.5, 0.6) is 0 Å². The van der Waals surface area contributed by atoms with Crippen LogP contribution in [0.15, 0.2) is 48.1 Å². The van der Waals surface area contributed by atoms with Crippen LogP contribution in [0.3, 0.4) is 0 Å². The first kappa shape index (κ1) is 26.3. The van der Waals surface area contributed by atoms with Gasteiger partial charge in [0.15, 0.2) is 5.13 Å². The van der Waals surface area contributed by atoms with Crippen LogP contribution in [0.1, 0.15) is 49.5 Å². The summed E-state index contributed by atoms with van der Waals surface area (Å²) < 4.78 is 13.3. The zero-order chi connectivity index (χ0) is 25.5. The fraction of sp³-hybridized carbons (Fsp3) is 0.481. The summed E-state index contributed by atoms with van der Waals surface area (Å²) in [5.74, 6) is 0.394. The highest BCUT2D eigenvalue weighted by Crippen LogP contribution is 2.26. The van der Waals surface area contributed by atoms with Crippen molar-refractivity contribution in [1.82, 2.24) is 14.9 Å². The third kappa shape index (κ3) is 7.39. The fourth-order valence-electron chi connectivity index (χ4n) is 3.98. The minimum atomic E-state index is -0.956. The Morgan fingerprint density at radius 1 is 1.36 bits per heavy atom. The number of aliphatic hydroxyl groups is 1. The lowest BCUT2D eigenvalue weighted by molar-refractivity contribution is 0.0927. The second kappa shape index (κ2) is 12.0. The van der Waals surface area contributed by atoms with Gasteiger partial charge in [-0.3, -0.25) is 4.79 Å². The molecule has 1 aliphatic heterocycles. The monoisotopic (exact) mass is 512 g/mol. The number of anilines is 1. The molecule has 2 atom stereocenters. The van der Waals surface area contributed by atoms with Crippen molar-refractivity contribution in [3.63, 3.8) is 0 Å². The van der Waals surface area contributed by atoms with E-state index >= 15 is 0 Å². The van der Waals surface area contributed by atoms with Crippen LogP contribution in [-0.4, -0.2) is 53.2 Å². The Balaban J connectivity index is 1.24. The van der Waals surface area contributed by atoms with Gasteiger partial charge < -0.3 is 29.8 Å². The molecule has 36 heavy (non-hydrogen) atoms. The Morgan fingerprint density at radius 3 is 2.97 bits per heavy atom. The molecule has 0 aliphatic carbocycles. The van der Waals surface area contributed by atoms with E-state index in [9.17, 15) is 9.90 Å². The quantitative estimate of drug-likeness (QED) is 0.259. The summed E-state index contributed by atoms with van der Waals surface area (Å²) in [6.07, 6.45) is 4.90. The van der Waals surface area contributed by atoms with Crippen LogP contribution in [0.2, 0.25) is 0 Å². The number of carbonyl (C=O) groups is 1. The molecule has 4 rings (SSSR count). The Bertz CT molecular complexity index is 1130. The number of aromatic nitrogens is 2. The maximum atomic E-state index is 12.4. The van der Waals surface area contributed by atoms with Gasteiger partial charge in [0, 0.05) is 48.7 Å². The summed E-state index contributed by atoms with van der Waals surface area (Å²) in [5.41, 5.74) is 3.38. The highest BCUT2D eigenvalue weighted by Gasteiger charge is 2.17. The molecule has 1 unspecified atom stereocenters. The van der Waals surface area contributed by atoms with Gasteiger partial charge >= 0.3 is 0 Å². The number of rotatable bonds is 11. The van der Waals surface area contributed by atoms with Gasteiger partial charge in [-0.25, -0.2) is 4.98 Å². The number of nitrogens with one attached hydrogen (secondary N) is 2. The Morgan fingerprint density at radius 2 is 2.22 bits per heavy atom. The molecule has 1 aliphatic rings. The van der Waals surface area contributed by atoms with E-state index in [-0.39, 0.29) is 18.0 Å². The lowest BCUT2D eigenvalue weighted by Gasteiger charge is -2.20. The number of hydrogen-bond donors (Lipinski definition) is 3. The number of carbonyl (C=O) groups excluding carboxylic acids is 1. The first-order valence-electron chi connectivity index (χ1n) is 12.4. The molecule has 0 saturated carbocycles. The summed E-state index contributed by atoms with van der Waals surface area (Å²) in [6.45, 7) is 9.30. The molecule has 0 spiro atoms. The maximum Gasteiger partial charge on any atom is 0.252 e. The van der Waals surface area contributed by atoms with E-state index in [0.717, 1.165) is 49.5 Å². The van der Waals surface area contributed by atoms with Gasteiger partial charge in [-0.2, -0.15) is 0 Å². The molecule has 3 N–H and O–H groups in total. The lowest BCUT2D eigenvalue weighted by Crippen LogP contribution is -2.36. The third-order valence-corrected chi connectivity index (χ3v) is 6.94. The molecule has 2 aromatic heterocycles. The number of thiazole rings is 1. The zero-order valence-corrected chi connectivity index (χ0v) is 22.0. The highest BCUT2D eigenvalue weighted by atomic mass is 32.1. The average Bonchev–Trinajstić information content (AvgIpc) is 3.62. The second-order valence-corrected chi connectivity index (χ2v) is 11.0. The molecule has 3 heterocycles. The largest absolute Gasteiger partial charge is 0.381 e. The van der Waals surface area contributed by atoms with Crippen molar-refractivity contribution in [2.24, 2.45) is 5.92 Å². The molecule has 194 valence electrons. The third-order valence-electron chi connectivity index (χ3n) is 6.17. The van der Waals surface area contributed by atoms with E-state index in [0.29, 0.717) is 23.2 Å². The molecule has 1 fully saturated rings. The van der Waals surface area contributed by atoms with E-state index in [4.69, 9.17) is 9.47 Å². The molecule has 3 aromatic rings. The normalized spacial score (nSPS) is 16.7. The van der Waals surface area contributed by atoms with E-state index in [1.54, 1.807) is 6.07 Å². The number of benzene rings is 1.